The summed E-state index contributed by atoms with van der Waals surface area (Å²) < 4.78 is 1.76. The Kier molecular flexibility index (Phi) is 3.31. The predicted octanol–water partition coefficient (Wildman–Crippen LogP) is 3.19. The standard InChI is InChI=1S/C16H20N2O/c1-9-7-11(3)14(8-10(9)2)16(19)15-12(4)17-18(6)13(15)5/h7-8H,1-6H3. The van der Waals surface area contributed by atoms with Crippen LogP contribution in [-0.4, -0.2) is 15.6 Å². The van der Waals surface area contributed by atoms with Crippen LogP contribution in [0.3, 0.4) is 0 Å². The predicted molar refractivity (Wildman–Crippen MR) is 76.8 cm³/mol. The molecule has 0 aliphatic carbocycles. The highest BCUT2D eigenvalue weighted by atomic mass is 16.1. The second kappa shape index (κ2) is 4.65. The van der Waals surface area contributed by atoms with E-state index in [0.29, 0.717) is 0 Å². The van der Waals surface area contributed by atoms with E-state index < -0.39 is 0 Å². The average Bonchev–Trinajstić information content (AvgIpc) is 2.57. The fraction of sp³-hybridized carbons (Fsp3) is 0.375. The largest absolute Gasteiger partial charge is 0.288 e. The van der Waals surface area contributed by atoms with Crippen molar-refractivity contribution < 1.29 is 4.79 Å². The van der Waals surface area contributed by atoms with E-state index in [2.05, 4.69) is 18.1 Å². The second-order valence-corrected chi connectivity index (χ2v) is 5.25. The lowest BCUT2D eigenvalue weighted by Crippen LogP contribution is -2.07. The molecule has 0 saturated carbocycles. The van der Waals surface area contributed by atoms with E-state index in [-0.39, 0.29) is 5.78 Å². The molecule has 2 rings (SSSR count). The minimum absolute atomic E-state index is 0.0729. The smallest absolute Gasteiger partial charge is 0.197 e. The van der Waals surface area contributed by atoms with Crippen LogP contribution in [0.4, 0.5) is 0 Å². The van der Waals surface area contributed by atoms with E-state index in [1.807, 2.05) is 40.8 Å². The molecule has 100 valence electrons. The number of aromatic nitrogens is 2. The maximum Gasteiger partial charge on any atom is 0.197 e. The molecule has 0 aliphatic rings. The molecule has 1 aromatic carbocycles. The SMILES string of the molecule is Cc1cc(C)c(C(=O)c2c(C)nn(C)c2C)cc1C. The summed E-state index contributed by atoms with van der Waals surface area (Å²) in [5.41, 5.74) is 6.61. The molecule has 1 aromatic heterocycles. The Labute approximate surface area is 114 Å². The number of carbonyl (C=O) groups is 1. The molecule has 0 amide bonds. The lowest BCUT2D eigenvalue weighted by Gasteiger charge is -2.09. The van der Waals surface area contributed by atoms with Crippen molar-refractivity contribution >= 4 is 5.78 Å². The molecule has 0 fully saturated rings. The first-order valence-corrected chi connectivity index (χ1v) is 6.45. The molecule has 3 nitrogen and oxygen atoms in total. The number of benzene rings is 1. The van der Waals surface area contributed by atoms with Crippen LogP contribution >= 0.6 is 0 Å². The summed E-state index contributed by atoms with van der Waals surface area (Å²) in [6, 6.07) is 4.06. The third kappa shape index (κ3) is 2.21. The fourth-order valence-electron chi connectivity index (χ4n) is 2.44. The average molecular weight is 256 g/mol. The molecule has 0 N–H and O–H groups in total. The Morgan fingerprint density at radius 1 is 1.00 bits per heavy atom. The first-order valence-electron chi connectivity index (χ1n) is 6.45. The minimum Gasteiger partial charge on any atom is -0.288 e. The van der Waals surface area contributed by atoms with E-state index in [4.69, 9.17) is 0 Å². The third-order valence-electron chi connectivity index (χ3n) is 3.82. The van der Waals surface area contributed by atoms with Crippen molar-refractivity contribution in [1.29, 1.82) is 0 Å². The Hall–Kier alpha value is -1.90. The summed E-state index contributed by atoms with van der Waals surface area (Å²) in [6.45, 7) is 9.91. The number of hydrogen-bond acceptors (Lipinski definition) is 2. The van der Waals surface area contributed by atoms with E-state index in [0.717, 1.165) is 33.6 Å². The molecule has 0 bridgehead atoms. The number of carbonyl (C=O) groups excluding carboxylic acids is 1. The summed E-state index contributed by atoms with van der Waals surface area (Å²) in [4.78, 5) is 12.7. The zero-order valence-electron chi connectivity index (χ0n) is 12.5. The number of rotatable bonds is 2. The molecule has 0 saturated heterocycles. The van der Waals surface area contributed by atoms with Crippen molar-refractivity contribution in [2.45, 2.75) is 34.6 Å². The van der Waals surface area contributed by atoms with Crippen LogP contribution in [0.25, 0.3) is 0 Å². The maximum absolute atomic E-state index is 12.7. The maximum atomic E-state index is 12.7. The molecular formula is C16H20N2O. The van der Waals surface area contributed by atoms with Crippen LogP contribution in [-0.2, 0) is 7.05 Å². The van der Waals surface area contributed by atoms with Gasteiger partial charge in [-0.3, -0.25) is 9.48 Å². The number of nitrogens with zero attached hydrogens (tertiary/aromatic N) is 2. The zero-order chi connectivity index (χ0) is 14.3. The van der Waals surface area contributed by atoms with Gasteiger partial charge in [-0.1, -0.05) is 6.07 Å². The monoisotopic (exact) mass is 256 g/mol. The Balaban J connectivity index is 2.59. The second-order valence-electron chi connectivity index (χ2n) is 5.25. The van der Waals surface area contributed by atoms with Gasteiger partial charge in [-0.2, -0.15) is 5.10 Å². The van der Waals surface area contributed by atoms with E-state index in [9.17, 15) is 4.79 Å². The van der Waals surface area contributed by atoms with Gasteiger partial charge in [0.1, 0.15) is 0 Å². The van der Waals surface area contributed by atoms with Gasteiger partial charge in [0.05, 0.1) is 11.3 Å². The van der Waals surface area contributed by atoms with Gasteiger partial charge in [0.25, 0.3) is 0 Å². The van der Waals surface area contributed by atoms with Crippen molar-refractivity contribution in [3.8, 4) is 0 Å². The summed E-state index contributed by atoms with van der Waals surface area (Å²) in [5.74, 6) is 0.0729. The van der Waals surface area contributed by atoms with E-state index in [1.165, 1.54) is 5.56 Å². The van der Waals surface area contributed by atoms with Gasteiger partial charge in [-0.05, 0) is 57.4 Å². The van der Waals surface area contributed by atoms with Crippen molar-refractivity contribution in [3.63, 3.8) is 0 Å². The summed E-state index contributed by atoms with van der Waals surface area (Å²) in [5, 5.41) is 4.32. The van der Waals surface area contributed by atoms with Crippen molar-refractivity contribution in [2.75, 3.05) is 0 Å². The van der Waals surface area contributed by atoms with Gasteiger partial charge in [0, 0.05) is 18.3 Å². The van der Waals surface area contributed by atoms with Crippen LogP contribution in [0.5, 0.6) is 0 Å². The van der Waals surface area contributed by atoms with Crippen LogP contribution < -0.4 is 0 Å². The lowest BCUT2D eigenvalue weighted by molar-refractivity contribution is 0.103. The van der Waals surface area contributed by atoms with Crippen LogP contribution in [0, 0.1) is 34.6 Å². The summed E-state index contributed by atoms with van der Waals surface area (Å²) in [6.07, 6.45) is 0. The van der Waals surface area contributed by atoms with Crippen LogP contribution in [0.2, 0.25) is 0 Å². The summed E-state index contributed by atoms with van der Waals surface area (Å²) in [7, 11) is 1.87. The van der Waals surface area contributed by atoms with Gasteiger partial charge in [0.15, 0.2) is 5.78 Å². The number of ketones is 1. The topological polar surface area (TPSA) is 34.9 Å². The number of hydrogen-bond donors (Lipinski definition) is 0. The van der Waals surface area contributed by atoms with Crippen molar-refractivity contribution in [3.05, 3.63) is 51.3 Å². The summed E-state index contributed by atoms with van der Waals surface area (Å²) >= 11 is 0. The quantitative estimate of drug-likeness (QED) is 0.773. The molecule has 3 heteroatoms. The first kappa shape index (κ1) is 13.5. The van der Waals surface area contributed by atoms with Gasteiger partial charge < -0.3 is 0 Å². The molecule has 0 spiro atoms. The van der Waals surface area contributed by atoms with Crippen molar-refractivity contribution in [1.82, 2.24) is 9.78 Å². The fourth-order valence-corrected chi connectivity index (χ4v) is 2.44. The highest BCUT2D eigenvalue weighted by molar-refractivity contribution is 6.11. The first-order chi connectivity index (χ1) is 8.82. The Morgan fingerprint density at radius 2 is 1.58 bits per heavy atom. The van der Waals surface area contributed by atoms with Gasteiger partial charge in [-0.15, -0.1) is 0 Å². The molecule has 0 aliphatic heterocycles. The molecular weight excluding hydrogens is 236 g/mol. The zero-order valence-corrected chi connectivity index (χ0v) is 12.5. The Morgan fingerprint density at radius 3 is 2.11 bits per heavy atom. The highest BCUT2D eigenvalue weighted by Gasteiger charge is 2.20. The minimum atomic E-state index is 0.0729. The highest BCUT2D eigenvalue weighted by Crippen LogP contribution is 2.22. The lowest BCUT2D eigenvalue weighted by atomic mass is 9.94. The van der Waals surface area contributed by atoms with Gasteiger partial charge in [0.2, 0.25) is 0 Å². The normalized spacial score (nSPS) is 10.8. The molecule has 19 heavy (non-hydrogen) atoms. The third-order valence-corrected chi connectivity index (χ3v) is 3.82. The molecule has 1 heterocycles. The molecule has 0 atom stereocenters. The van der Waals surface area contributed by atoms with E-state index in [1.54, 1.807) is 4.68 Å². The van der Waals surface area contributed by atoms with Crippen molar-refractivity contribution in [2.24, 2.45) is 7.05 Å². The Bertz CT molecular complexity index is 666. The molecule has 0 unspecified atom stereocenters. The van der Waals surface area contributed by atoms with Gasteiger partial charge in [-0.25, -0.2) is 0 Å². The van der Waals surface area contributed by atoms with Gasteiger partial charge >= 0.3 is 0 Å². The molecule has 0 radical (unpaired) electrons. The molecule has 2 aromatic rings. The number of aryl methyl sites for hydroxylation is 5. The van der Waals surface area contributed by atoms with Crippen LogP contribution in [0.1, 0.15) is 44.0 Å². The van der Waals surface area contributed by atoms with E-state index >= 15 is 0 Å². The van der Waals surface area contributed by atoms with Crippen LogP contribution in [0.15, 0.2) is 12.1 Å².